The van der Waals surface area contributed by atoms with E-state index < -0.39 is 0 Å². The number of ether oxygens (including phenoxy) is 2. The van der Waals surface area contributed by atoms with Gasteiger partial charge in [-0.1, -0.05) is 18.2 Å². The van der Waals surface area contributed by atoms with E-state index in [4.69, 9.17) is 9.47 Å². The third-order valence-electron chi connectivity index (χ3n) is 6.58. The van der Waals surface area contributed by atoms with Gasteiger partial charge in [0, 0.05) is 42.7 Å². The highest BCUT2D eigenvalue weighted by Gasteiger charge is 2.47. The van der Waals surface area contributed by atoms with Gasteiger partial charge in [-0.05, 0) is 43.5 Å². The van der Waals surface area contributed by atoms with Crippen molar-refractivity contribution in [1.29, 1.82) is 0 Å². The van der Waals surface area contributed by atoms with Gasteiger partial charge in [-0.2, -0.15) is 0 Å². The SMILES string of the molecule is COc1ccc(C(=O)N2CCC3(CCC(=O)N3Cc3ccccc3F)CC2)cc1OC. The van der Waals surface area contributed by atoms with E-state index in [0.717, 1.165) is 6.42 Å². The number of methoxy groups -OCH3 is 2. The van der Waals surface area contributed by atoms with E-state index >= 15 is 0 Å². The second-order valence-electron chi connectivity index (χ2n) is 8.16. The highest BCUT2D eigenvalue weighted by molar-refractivity contribution is 5.95. The Morgan fingerprint density at radius 2 is 1.74 bits per heavy atom. The molecule has 0 atom stereocenters. The van der Waals surface area contributed by atoms with Crippen molar-refractivity contribution >= 4 is 11.8 Å². The summed E-state index contributed by atoms with van der Waals surface area (Å²) in [6, 6.07) is 11.7. The highest BCUT2D eigenvalue weighted by atomic mass is 19.1. The second kappa shape index (κ2) is 8.57. The molecule has 2 saturated heterocycles. The number of nitrogens with zero attached hydrogens (tertiary/aromatic N) is 2. The van der Waals surface area contributed by atoms with Gasteiger partial charge in [-0.25, -0.2) is 4.39 Å². The number of benzene rings is 2. The smallest absolute Gasteiger partial charge is 0.253 e. The third-order valence-corrected chi connectivity index (χ3v) is 6.58. The molecular formula is C24H27FN2O4. The van der Waals surface area contributed by atoms with Gasteiger partial charge in [0.05, 0.1) is 14.2 Å². The van der Waals surface area contributed by atoms with Crippen LogP contribution >= 0.6 is 0 Å². The molecule has 0 radical (unpaired) electrons. The van der Waals surface area contributed by atoms with Crippen molar-refractivity contribution in [3.8, 4) is 11.5 Å². The fourth-order valence-corrected chi connectivity index (χ4v) is 4.72. The Labute approximate surface area is 181 Å². The van der Waals surface area contributed by atoms with Gasteiger partial charge in [0.2, 0.25) is 5.91 Å². The molecule has 1 spiro atoms. The first-order valence-corrected chi connectivity index (χ1v) is 10.5. The molecule has 0 N–H and O–H groups in total. The van der Waals surface area contributed by atoms with Crippen molar-refractivity contribution in [2.75, 3.05) is 27.3 Å². The van der Waals surface area contributed by atoms with Gasteiger partial charge in [-0.3, -0.25) is 9.59 Å². The summed E-state index contributed by atoms with van der Waals surface area (Å²) in [5.74, 6) is 0.784. The van der Waals surface area contributed by atoms with Crippen LogP contribution in [-0.2, 0) is 11.3 Å². The number of carbonyl (C=O) groups excluding carboxylic acids is 2. The number of carbonyl (C=O) groups is 2. The number of hydrogen-bond donors (Lipinski definition) is 0. The summed E-state index contributed by atoms with van der Waals surface area (Å²) in [6.07, 6.45) is 2.59. The first-order chi connectivity index (χ1) is 15.0. The van der Waals surface area contributed by atoms with Crippen LogP contribution in [0.4, 0.5) is 4.39 Å². The van der Waals surface area contributed by atoms with Crippen LogP contribution in [0.2, 0.25) is 0 Å². The van der Waals surface area contributed by atoms with Crippen molar-refractivity contribution in [1.82, 2.24) is 9.80 Å². The zero-order valence-electron chi connectivity index (χ0n) is 17.9. The minimum atomic E-state index is -0.312. The van der Waals surface area contributed by atoms with Crippen molar-refractivity contribution < 1.29 is 23.5 Å². The maximum Gasteiger partial charge on any atom is 0.253 e. The van der Waals surface area contributed by atoms with Crippen LogP contribution in [0.15, 0.2) is 42.5 Å². The van der Waals surface area contributed by atoms with Crippen LogP contribution in [0.5, 0.6) is 11.5 Å². The van der Waals surface area contributed by atoms with Gasteiger partial charge >= 0.3 is 0 Å². The molecule has 0 bridgehead atoms. The Balaban J connectivity index is 1.47. The molecule has 164 valence electrons. The lowest BCUT2D eigenvalue weighted by molar-refractivity contribution is -0.133. The minimum Gasteiger partial charge on any atom is -0.493 e. The second-order valence-corrected chi connectivity index (χ2v) is 8.16. The Bertz CT molecular complexity index is 985. The van der Waals surface area contributed by atoms with E-state index in [1.54, 1.807) is 43.5 Å². The molecule has 2 heterocycles. The molecule has 0 aromatic heterocycles. The lowest BCUT2D eigenvalue weighted by atomic mass is 9.84. The Morgan fingerprint density at radius 3 is 2.42 bits per heavy atom. The van der Waals surface area contributed by atoms with E-state index in [1.807, 2.05) is 9.80 Å². The summed E-state index contributed by atoms with van der Waals surface area (Å²) in [5, 5.41) is 0. The summed E-state index contributed by atoms with van der Waals surface area (Å²) < 4.78 is 24.7. The van der Waals surface area contributed by atoms with Crippen LogP contribution in [0.25, 0.3) is 0 Å². The summed E-state index contributed by atoms with van der Waals surface area (Å²) in [6.45, 7) is 1.37. The lowest BCUT2D eigenvalue weighted by Crippen LogP contribution is -2.53. The summed E-state index contributed by atoms with van der Waals surface area (Å²) in [5.41, 5.74) is 0.758. The normalized spacial score (nSPS) is 17.8. The predicted molar refractivity (Wildman–Crippen MR) is 114 cm³/mol. The van der Waals surface area contributed by atoms with E-state index in [-0.39, 0.29) is 29.7 Å². The quantitative estimate of drug-likeness (QED) is 0.733. The fraction of sp³-hybridized carbons (Fsp3) is 0.417. The number of amides is 2. The van der Waals surface area contributed by atoms with Gasteiger partial charge in [0.15, 0.2) is 11.5 Å². The molecule has 2 amide bonds. The van der Waals surface area contributed by atoms with Crippen molar-refractivity contribution in [2.24, 2.45) is 0 Å². The molecule has 2 aliphatic heterocycles. The highest BCUT2D eigenvalue weighted by Crippen LogP contribution is 2.40. The average Bonchev–Trinajstić information content (AvgIpc) is 3.09. The summed E-state index contributed by atoms with van der Waals surface area (Å²) >= 11 is 0. The van der Waals surface area contributed by atoms with Crippen LogP contribution in [-0.4, -0.2) is 54.5 Å². The number of halogens is 1. The molecule has 2 fully saturated rings. The van der Waals surface area contributed by atoms with Gasteiger partial charge in [0.25, 0.3) is 5.91 Å². The number of rotatable bonds is 5. The molecule has 7 heteroatoms. The molecule has 0 unspecified atom stereocenters. The molecule has 2 aromatic rings. The number of hydrogen-bond acceptors (Lipinski definition) is 4. The fourth-order valence-electron chi connectivity index (χ4n) is 4.72. The standard InChI is InChI=1S/C24H27FN2O4/c1-30-20-8-7-17(15-21(20)31-2)23(29)26-13-11-24(12-14-26)10-9-22(28)27(24)16-18-5-3-4-6-19(18)25/h3-8,15H,9-14,16H2,1-2H3. The van der Waals surface area contributed by atoms with Crippen LogP contribution in [0, 0.1) is 5.82 Å². The van der Waals surface area contributed by atoms with E-state index in [1.165, 1.54) is 13.2 Å². The minimum absolute atomic E-state index is 0.0583. The Kier molecular flexibility index (Phi) is 5.85. The largest absolute Gasteiger partial charge is 0.493 e. The molecule has 4 rings (SSSR count). The predicted octanol–water partition coefficient (Wildman–Crippen LogP) is 3.64. The van der Waals surface area contributed by atoms with Crippen LogP contribution in [0.1, 0.15) is 41.6 Å². The summed E-state index contributed by atoms with van der Waals surface area (Å²) in [4.78, 5) is 29.3. The Hall–Kier alpha value is -3.09. The van der Waals surface area contributed by atoms with E-state index in [0.29, 0.717) is 55.0 Å². The number of likely N-dealkylation sites (tertiary alicyclic amines) is 2. The van der Waals surface area contributed by atoms with Crippen molar-refractivity contribution in [2.45, 2.75) is 37.8 Å². The van der Waals surface area contributed by atoms with Crippen LogP contribution < -0.4 is 9.47 Å². The molecule has 6 nitrogen and oxygen atoms in total. The molecule has 0 aliphatic carbocycles. The topological polar surface area (TPSA) is 59.1 Å². The van der Waals surface area contributed by atoms with E-state index in [9.17, 15) is 14.0 Å². The maximum absolute atomic E-state index is 14.2. The van der Waals surface area contributed by atoms with Crippen molar-refractivity contribution in [3.05, 3.63) is 59.4 Å². The maximum atomic E-state index is 14.2. The molecule has 2 aromatic carbocycles. The zero-order valence-corrected chi connectivity index (χ0v) is 17.9. The first-order valence-electron chi connectivity index (χ1n) is 10.5. The van der Waals surface area contributed by atoms with E-state index in [2.05, 4.69) is 0 Å². The Morgan fingerprint density at radius 1 is 1.03 bits per heavy atom. The average molecular weight is 426 g/mol. The number of piperidine rings is 1. The van der Waals surface area contributed by atoms with Gasteiger partial charge < -0.3 is 19.3 Å². The van der Waals surface area contributed by atoms with Gasteiger partial charge in [0.1, 0.15) is 5.82 Å². The monoisotopic (exact) mass is 426 g/mol. The first kappa shape index (κ1) is 21.2. The lowest BCUT2D eigenvalue weighted by Gasteiger charge is -2.45. The molecule has 0 saturated carbocycles. The van der Waals surface area contributed by atoms with Crippen LogP contribution in [0.3, 0.4) is 0 Å². The van der Waals surface area contributed by atoms with Crippen molar-refractivity contribution in [3.63, 3.8) is 0 Å². The third kappa shape index (κ3) is 3.96. The molecule has 31 heavy (non-hydrogen) atoms. The van der Waals surface area contributed by atoms with Gasteiger partial charge in [-0.15, -0.1) is 0 Å². The molecular weight excluding hydrogens is 399 g/mol. The summed E-state index contributed by atoms with van der Waals surface area (Å²) in [7, 11) is 3.09. The zero-order chi connectivity index (χ0) is 22.0. The molecule has 2 aliphatic rings.